The molecule has 2 atom stereocenters. The van der Waals surface area contributed by atoms with Crippen molar-refractivity contribution in [1.29, 1.82) is 5.41 Å². The summed E-state index contributed by atoms with van der Waals surface area (Å²) in [6.07, 6.45) is -3.14. The van der Waals surface area contributed by atoms with Gasteiger partial charge in [0.15, 0.2) is 12.2 Å². The number of carbonyl (C=O) groups excluding carboxylic acids is 3. The van der Waals surface area contributed by atoms with E-state index in [1.54, 1.807) is 54.3 Å². The number of anilines is 3. The Kier molecular flexibility index (Phi) is 7.10. The number of aryl methyl sites for hydroxylation is 1. The molecule has 35 heavy (non-hydrogen) atoms. The van der Waals surface area contributed by atoms with Gasteiger partial charge in [0.05, 0.1) is 13.2 Å². The van der Waals surface area contributed by atoms with E-state index in [4.69, 9.17) is 20.6 Å². The lowest BCUT2D eigenvalue weighted by Gasteiger charge is -2.35. The first-order valence-corrected chi connectivity index (χ1v) is 11.1. The minimum absolute atomic E-state index is 0.00109. The van der Waals surface area contributed by atoms with Gasteiger partial charge in [-0.25, -0.2) is 0 Å². The van der Waals surface area contributed by atoms with Crippen LogP contribution in [0.5, 0.6) is 0 Å². The summed E-state index contributed by atoms with van der Waals surface area (Å²) in [5.74, 6) is -1.62. The van der Waals surface area contributed by atoms with Crippen LogP contribution >= 0.6 is 0 Å². The van der Waals surface area contributed by atoms with Crippen LogP contribution in [0.3, 0.4) is 0 Å². The molecule has 11 nitrogen and oxygen atoms in total. The fraction of sp³-hybridized carbons (Fsp3) is 0.333. The van der Waals surface area contributed by atoms with E-state index < -0.39 is 24.0 Å². The fourth-order valence-electron chi connectivity index (χ4n) is 4.11. The lowest BCUT2D eigenvalue weighted by molar-refractivity contribution is -0.150. The Balaban J connectivity index is 1.47. The second kappa shape index (κ2) is 10.2. The van der Waals surface area contributed by atoms with Crippen molar-refractivity contribution < 1.29 is 29.0 Å². The van der Waals surface area contributed by atoms with Crippen molar-refractivity contribution in [3.8, 4) is 0 Å². The molecule has 2 saturated heterocycles. The predicted molar refractivity (Wildman–Crippen MR) is 129 cm³/mol. The van der Waals surface area contributed by atoms with Crippen LogP contribution in [0.15, 0.2) is 42.5 Å². The average Bonchev–Trinajstić information content (AvgIpc) is 2.84. The molecule has 2 aliphatic heterocycles. The largest absolute Gasteiger partial charge is 0.384 e. The quantitative estimate of drug-likeness (QED) is 0.343. The van der Waals surface area contributed by atoms with Crippen molar-refractivity contribution in [2.24, 2.45) is 5.73 Å². The van der Waals surface area contributed by atoms with E-state index in [9.17, 15) is 19.5 Å². The van der Waals surface area contributed by atoms with Crippen LogP contribution in [0.25, 0.3) is 0 Å². The first-order chi connectivity index (χ1) is 16.8. The summed E-state index contributed by atoms with van der Waals surface area (Å²) in [5.41, 5.74) is 8.29. The standard InChI is InChI=1S/C24H27N5O6/c1-14-11-15(5-6-18(14)22(25)26)27-23(32)20(31)21-24(33)29(8-10-35-21)17-4-2-3-16(12-17)28-7-9-34-13-19(28)30/h2-6,11-12,20-21,31H,7-10,13H2,1H3,(H3,25,26)(H,27,32)/t20?,21-/m1/s1. The minimum atomic E-state index is -1.75. The zero-order valence-electron chi connectivity index (χ0n) is 19.2. The lowest BCUT2D eigenvalue weighted by Crippen LogP contribution is -2.55. The zero-order chi connectivity index (χ0) is 25.1. The molecule has 4 rings (SSSR count). The molecule has 5 N–H and O–H groups in total. The third-order valence-corrected chi connectivity index (χ3v) is 5.90. The number of nitrogen functional groups attached to an aromatic ring is 1. The van der Waals surface area contributed by atoms with E-state index in [2.05, 4.69) is 5.32 Å². The van der Waals surface area contributed by atoms with Crippen LogP contribution < -0.4 is 20.9 Å². The summed E-state index contributed by atoms with van der Waals surface area (Å²) in [6.45, 7) is 2.93. The maximum atomic E-state index is 13.2. The van der Waals surface area contributed by atoms with Crippen molar-refractivity contribution in [3.05, 3.63) is 53.6 Å². The number of morpholine rings is 2. The van der Waals surface area contributed by atoms with Gasteiger partial charge in [-0.05, 0) is 48.9 Å². The number of amides is 3. The van der Waals surface area contributed by atoms with E-state index in [1.807, 2.05) is 0 Å². The summed E-state index contributed by atoms with van der Waals surface area (Å²) in [5, 5.41) is 20.8. The number of nitrogens with one attached hydrogen (secondary N) is 2. The minimum Gasteiger partial charge on any atom is -0.384 e. The first-order valence-electron chi connectivity index (χ1n) is 11.1. The van der Waals surface area contributed by atoms with Gasteiger partial charge in [0.25, 0.3) is 17.7 Å². The third kappa shape index (κ3) is 5.16. The Morgan fingerprint density at radius 2 is 1.86 bits per heavy atom. The number of hydrogen-bond donors (Lipinski definition) is 4. The highest BCUT2D eigenvalue weighted by molar-refractivity contribution is 6.04. The molecule has 2 aromatic carbocycles. The summed E-state index contributed by atoms with van der Waals surface area (Å²) in [7, 11) is 0. The molecule has 2 aromatic rings. The number of aliphatic hydroxyl groups is 1. The number of hydrogen-bond acceptors (Lipinski definition) is 7. The molecule has 2 fully saturated rings. The molecule has 11 heteroatoms. The number of amidine groups is 1. The van der Waals surface area contributed by atoms with Gasteiger partial charge in [0.1, 0.15) is 12.4 Å². The van der Waals surface area contributed by atoms with Crippen molar-refractivity contribution in [2.75, 3.05) is 48.0 Å². The molecule has 2 heterocycles. The van der Waals surface area contributed by atoms with Crippen LogP contribution in [-0.4, -0.2) is 73.8 Å². The van der Waals surface area contributed by atoms with Crippen LogP contribution in [0.2, 0.25) is 0 Å². The highest BCUT2D eigenvalue weighted by atomic mass is 16.5. The van der Waals surface area contributed by atoms with Gasteiger partial charge in [-0.2, -0.15) is 0 Å². The molecule has 0 aromatic heterocycles. The van der Waals surface area contributed by atoms with E-state index >= 15 is 0 Å². The van der Waals surface area contributed by atoms with E-state index in [-0.39, 0.29) is 31.5 Å². The van der Waals surface area contributed by atoms with Gasteiger partial charge in [0.2, 0.25) is 0 Å². The summed E-state index contributed by atoms with van der Waals surface area (Å²) in [6, 6.07) is 11.7. The topological polar surface area (TPSA) is 158 Å². The normalized spacial score (nSPS) is 19.4. The fourth-order valence-corrected chi connectivity index (χ4v) is 4.11. The van der Waals surface area contributed by atoms with Crippen LogP contribution in [0.4, 0.5) is 17.1 Å². The second-order valence-corrected chi connectivity index (χ2v) is 8.28. The van der Waals surface area contributed by atoms with Crippen molar-refractivity contribution in [2.45, 2.75) is 19.1 Å². The third-order valence-electron chi connectivity index (χ3n) is 5.90. The van der Waals surface area contributed by atoms with Gasteiger partial charge >= 0.3 is 0 Å². The summed E-state index contributed by atoms with van der Waals surface area (Å²) in [4.78, 5) is 41.1. The van der Waals surface area contributed by atoms with Crippen molar-refractivity contribution in [1.82, 2.24) is 0 Å². The molecular formula is C24H27N5O6. The van der Waals surface area contributed by atoms with Gasteiger partial charge in [0, 0.05) is 35.7 Å². The smallest absolute Gasteiger partial charge is 0.259 e. The Bertz CT molecular complexity index is 1170. The highest BCUT2D eigenvalue weighted by Crippen LogP contribution is 2.27. The Labute approximate surface area is 201 Å². The van der Waals surface area contributed by atoms with E-state index in [1.165, 1.54) is 4.90 Å². The molecule has 1 unspecified atom stereocenters. The van der Waals surface area contributed by atoms with E-state index in [0.29, 0.717) is 41.3 Å². The van der Waals surface area contributed by atoms with Crippen molar-refractivity contribution >= 4 is 40.6 Å². The van der Waals surface area contributed by atoms with Gasteiger partial charge in [-0.1, -0.05) is 6.07 Å². The Morgan fingerprint density at radius 1 is 1.14 bits per heavy atom. The number of carbonyl (C=O) groups is 3. The Hall–Kier alpha value is -3.80. The SMILES string of the molecule is Cc1cc(NC(=O)C(O)[C@H]2OCCN(c3cccc(N4CCOCC4=O)c3)C2=O)ccc1C(=N)N. The average molecular weight is 482 g/mol. The van der Waals surface area contributed by atoms with Crippen LogP contribution in [0.1, 0.15) is 11.1 Å². The molecule has 0 aliphatic carbocycles. The van der Waals surface area contributed by atoms with Gasteiger partial charge in [-0.15, -0.1) is 0 Å². The highest BCUT2D eigenvalue weighted by Gasteiger charge is 2.39. The summed E-state index contributed by atoms with van der Waals surface area (Å²) >= 11 is 0. The number of rotatable bonds is 6. The first kappa shape index (κ1) is 24.3. The number of nitrogens with zero attached hydrogens (tertiary/aromatic N) is 2. The maximum Gasteiger partial charge on any atom is 0.259 e. The molecule has 0 saturated carbocycles. The molecule has 0 bridgehead atoms. The molecule has 3 amide bonds. The molecule has 0 spiro atoms. The van der Waals surface area contributed by atoms with Crippen LogP contribution in [0, 0.1) is 12.3 Å². The van der Waals surface area contributed by atoms with Crippen molar-refractivity contribution in [3.63, 3.8) is 0 Å². The maximum absolute atomic E-state index is 13.2. The van der Waals surface area contributed by atoms with E-state index in [0.717, 1.165) is 0 Å². The van der Waals surface area contributed by atoms with Gasteiger partial charge < -0.3 is 35.4 Å². The molecule has 2 aliphatic rings. The predicted octanol–water partition coefficient (Wildman–Crippen LogP) is 0.374. The monoisotopic (exact) mass is 481 g/mol. The number of benzene rings is 2. The second-order valence-electron chi connectivity index (χ2n) is 8.28. The zero-order valence-corrected chi connectivity index (χ0v) is 19.2. The number of ether oxygens (including phenoxy) is 2. The van der Waals surface area contributed by atoms with Crippen LogP contribution in [-0.2, 0) is 23.9 Å². The number of nitrogens with two attached hydrogens (primary N) is 1. The van der Waals surface area contributed by atoms with Gasteiger partial charge in [-0.3, -0.25) is 19.8 Å². The summed E-state index contributed by atoms with van der Waals surface area (Å²) < 4.78 is 10.6. The lowest BCUT2D eigenvalue weighted by atomic mass is 10.1. The number of aliphatic hydroxyl groups excluding tert-OH is 1. The molecule has 0 radical (unpaired) electrons. The molecular weight excluding hydrogens is 454 g/mol. The molecule has 184 valence electrons. The Morgan fingerprint density at radius 3 is 2.54 bits per heavy atom.